The van der Waals surface area contributed by atoms with E-state index in [1.807, 2.05) is 29.2 Å². The highest BCUT2D eigenvalue weighted by molar-refractivity contribution is 5.94. The Kier molecular flexibility index (Phi) is 5.05. The highest BCUT2D eigenvalue weighted by Gasteiger charge is 2.29. The second-order valence-electron chi connectivity index (χ2n) is 7.13. The number of likely N-dealkylation sites (tertiary alicyclic amines) is 1. The second kappa shape index (κ2) is 7.78. The van der Waals surface area contributed by atoms with Gasteiger partial charge in [0.15, 0.2) is 0 Å². The average molecular weight is 365 g/mol. The summed E-state index contributed by atoms with van der Waals surface area (Å²) in [5, 5.41) is 3.15. The van der Waals surface area contributed by atoms with Crippen molar-refractivity contribution < 1.29 is 14.3 Å². The Hall–Kier alpha value is -2.89. The van der Waals surface area contributed by atoms with Crippen LogP contribution in [0, 0.1) is 5.92 Å². The molecular weight excluding hydrogens is 342 g/mol. The topological polar surface area (TPSA) is 71.5 Å². The largest absolute Gasteiger partial charge is 0.492 e. The van der Waals surface area contributed by atoms with Crippen molar-refractivity contribution in [3.05, 3.63) is 59.9 Å². The molecule has 27 heavy (non-hydrogen) atoms. The van der Waals surface area contributed by atoms with Crippen LogP contribution in [-0.4, -0.2) is 47.4 Å². The molecule has 0 aliphatic carbocycles. The lowest BCUT2D eigenvalue weighted by atomic mass is 9.95. The molecule has 2 amide bonds. The van der Waals surface area contributed by atoms with Gasteiger partial charge >= 0.3 is 0 Å². The number of nitrogens with one attached hydrogen (secondary N) is 1. The number of benzene rings is 1. The van der Waals surface area contributed by atoms with Gasteiger partial charge in [0.25, 0.3) is 5.91 Å². The third kappa shape index (κ3) is 3.94. The summed E-state index contributed by atoms with van der Waals surface area (Å²) in [4.78, 5) is 30.9. The number of piperidine rings is 1. The van der Waals surface area contributed by atoms with E-state index in [-0.39, 0.29) is 23.8 Å². The smallest absolute Gasteiger partial charge is 0.253 e. The number of nitrogens with zero attached hydrogens (tertiary/aromatic N) is 2. The Morgan fingerprint density at radius 3 is 2.59 bits per heavy atom. The molecule has 1 aromatic heterocycles. The van der Waals surface area contributed by atoms with Crippen molar-refractivity contribution >= 4 is 11.8 Å². The van der Waals surface area contributed by atoms with Gasteiger partial charge in [-0.25, -0.2) is 0 Å². The molecular formula is C21H23N3O3. The van der Waals surface area contributed by atoms with Crippen LogP contribution >= 0.6 is 0 Å². The maximum absolute atomic E-state index is 12.6. The first-order chi connectivity index (χ1) is 13.2. The predicted molar refractivity (Wildman–Crippen MR) is 100 cm³/mol. The van der Waals surface area contributed by atoms with Gasteiger partial charge in [0.2, 0.25) is 5.91 Å². The van der Waals surface area contributed by atoms with Crippen LogP contribution < -0.4 is 10.1 Å². The third-order valence-corrected chi connectivity index (χ3v) is 5.31. The summed E-state index contributed by atoms with van der Waals surface area (Å²) in [5.74, 6) is 0.795. The summed E-state index contributed by atoms with van der Waals surface area (Å²) >= 11 is 0. The van der Waals surface area contributed by atoms with E-state index in [4.69, 9.17) is 4.74 Å². The molecule has 6 heteroatoms. The highest BCUT2D eigenvalue weighted by atomic mass is 16.5. The average Bonchev–Trinajstić information content (AvgIpc) is 2.74. The van der Waals surface area contributed by atoms with E-state index in [9.17, 15) is 9.59 Å². The molecule has 1 aromatic carbocycles. The van der Waals surface area contributed by atoms with Crippen molar-refractivity contribution in [2.75, 3.05) is 19.7 Å². The summed E-state index contributed by atoms with van der Waals surface area (Å²) in [7, 11) is 0. The van der Waals surface area contributed by atoms with E-state index >= 15 is 0 Å². The minimum Gasteiger partial charge on any atom is -0.492 e. The van der Waals surface area contributed by atoms with Crippen molar-refractivity contribution in [3.8, 4) is 5.75 Å². The van der Waals surface area contributed by atoms with Gasteiger partial charge in [0, 0.05) is 37.1 Å². The first kappa shape index (κ1) is 17.5. The van der Waals surface area contributed by atoms with E-state index in [0.29, 0.717) is 31.7 Å². The number of rotatable bonds is 3. The zero-order valence-electron chi connectivity index (χ0n) is 15.1. The fraction of sp³-hybridized carbons (Fsp3) is 0.381. The molecule has 0 bridgehead atoms. The van der Waals surface area contributed by atoms with E-state index in [1.165, 1.54) is 0 Å². The van der Waals surface area contributed by atoms with Crippen LogP contribution in [0.5, 0.6) is 5.75 Å². The van der Waals surface area contributed by atoms with Crippen molar-refractivity contribution in [2.45, 2.75) is 25.3 Å². The lowest BCUT2D eigenvalue weighted by Gasteiger charge is -2.33. The Labute approximate surface area is 158 Å². The van der Waals surface area contributed by atoms with E-state index in [1.54, 1.807) is 24.5 Å². The number of carbonyl (C=O) groups excluding carboxylic acids is 2. The molecule has 1 fully saturated rings. The second-order valence-corrected chi connectivity index (χ2v) is 7.13. The number of fused-ring (bicyclic) bond motifs is 1. The number of para-hydroxylation sites is 1. The van der Waals surface area contributed by atoms with Crippen molar-refractivity contribution in [3.63, 3.8) is 0 Å². The number of hydrogen-bond donors (Lipinski definition) is 1. The molecule has 2 aromatic rings. The first-order valence-corrected chi connectivity index (χ1v) is 9.41. The minimum absolute atomic E-state index is 0.0273. The fourth-order valence-electron chi connectivity index (χ4n) is 3.72. The molecule has 1 N–H and O–H groups in total. The summed E-state index contributed by atoms with van der Waals surface area (Å²) in [6.45, 7) is 1.72. The molecule has 0 unspecified atom stereocenters. The quantitative estimate of drug-likeness (QED) is 0.904. The maximum Gasteiger partial charge on any atom is 0.253 e. The third-order valence-electron chi connectivity index (χ3n) is 5.31. The monoisotopic (exact) mass is 365 g/mol. The van der Waals surface area contributed by atoms with Gasteiger partial charge in [-0.05, 0) is 43.0 Å². The van der Waals surface area contributed by atoms with E-state index < -0.39 is 0 Å². The van der Waals surface area contributed by atoms with E-state index in [0.717, 1.165) is 24.2 Å². The normalized spacial score (nSPS) is 19.7. The summed E-state index contributed by atoms with van der Waals surface area (Å²) in [5.41, 5.74) is 1.74. The van der Waals surface area contributed by atoms with Crippen LogP contribution in [0.4, 0.5) is 0 Å². The molecule has 0 saturated carbocycles. The molecule has 0 radical (unpaired) electrons. The van der Waals surface area contributed by atoms with Crippen LogP contribution in [-0.2, 0) is 11.2 Å². The van der Waals surface area contributed by atoms with Crippen LogP contribution in [0.15, 0.2) is 48.8 Å². The molecule has 2 aliphatic rings. The molecule has 1 saturated heterocycles. The number of ether oxygens (including phenoxy) is 1. The molecule has 0 spiro atoms. The zero-order chi connectivity index (χ0) is 18.6. The number of pyridine rings is 1. The Morgan fingerprint density at radius 1 is 1.07 bits per heavy atom. The van der Waals surface area contributed by atoms with Crippen LogP contribution in [0.1, 0.15) is 28.8 Å². The first-order valence-electron chi connectivity index (χ1n) is 9.41. The zero-order valence-corrected chi connectivity index (χ0v) is 15.1. The lowest BCUT2D eigenvalue weighted by Crippen LogP contribution is -2.49. The Bertz CT molecular complexity index is 816. The van der Waals surface area contributed by atoms with Gasteiger partial charge in [-0.15, -0.1) is 0 Å². The number of amides is 2. The lowest BCUT2D eigenvalue weighted by molar-refractivity contribution is -0.127. The summed E-state index contributed by atoms with van der Waals surface area (Å²) in [6, 6.07) is 11.4. The number of carbonyl (C=O) groups is 2. The van der Waals surface area contributed by atoms with Crippen LogP contribution in [0.25, 0.3) is 0 Å². The molecule has 2 aliphatic heterocycles. The van der Waals surface area contributed by atoms with Crippen molar-refractivity contribution in [1.82, 2.24) is 15.2 Å². The summed E-state index contributed by atoms with van der Waals surface area (Å²) < 4.78 is 5.73. The molecule has 3 heterocycles. The van der Waals surface area contributed by atoms with Crippen molar-refractivity contribution in [1.29, 1.82) is 0 Å². The van der Waals surface area contributed by atoms with Gasteiger partial charge in [-0.2, -0.15) is 0 Å². The fourth-order valence-corrected chi connectivity index (χ4v) is 3.72. The van der Waals surface area contributed by atoms with Crippen molar-refractivity contribution in [2.24, 2.45) is 5.92 Å². The number of hydrogen-bond acceptors (Lipinski definition) is 4. The maximum atomic E-state index is 12.6. The van der Waals surface area contributed by atoms with Gasteiger partial charge in [-0.3, -0.25) is 14.6 Å². The standard InChI is InChI=1S/C21H23N3O3/c25-20(17-13-16-3-1-2-4-19(16)27-14-17)23-18-7-11-24(12-8-18)21(26)15-5-9-22-10-6-15/h1-6,9-10,17-18H,7-8,11-14H2,(H,23,25)/t17-/m0/s1. The van der Waals surface area contributed by atoms with Gasteiger partial charge in [0.1, 0.15) is 12.4 Å². The number of aromatic nitrogens is 1. The Balaban J connectivity index is 1.28. The van der Waals surface area contributed by atoms with Gasteiger partial charge < -0.3 is 15.0 Å². The highest BCUT2D eigenvalue weighted by Crippen LogP contribution is 2.27. The minimum atomic E-state index is -0.156. The summed E-state index contributed by atoms with van der Waals surface area (Å²) in [6.07, 6.45) is 5.51. The molecule has 4 rings (SSSR count). The van der Waals surface area contributed by atoms with Gasteiger partial charge in [0.05, 0.1) is 5.92 Å². The van der Waals surface area contributed by atoms with E-state index in [2.05, 4.69) is 10.3 Å². The Morgan fingerprint density at radius 2 is 1.81 bits per heavy atom. The molecule has 6 nitrogen and oxygen atoms in total. The predicted octanol–water partition coefficient (Wildman–Crippen LogP) is 2.05. The molecule has 140 valence electrons. The molecule has 1 atom stereocenters. The SMILES string of the molecule is O=C(NC1CCN(C(=O)c2ccncc2)CC1)[C@@H]1COc2ccccc2C1. The van der Waals surface area contributed by atoms with Gasteiger partial charge in [-0.1, -0.05) is 18.2 Å². The van der Waals surface area contributed by atoms with Crippen LogP contribution in [0.2, 0.25) is 0 Å². The van der Waals surface area contributed by atoms with Crippen LogP contribution in [0.3, 0.4) is 0 Å².